The van der Waals surface area contributed by atoms with Gasteiger partial charge in [-0.15, -0.1) is 0 Å². The van der Waals surface area contributed by atoms with E-state index in [1.165, 1.54) is 12.3 Å². The maximum Gasteiger partial charge on any atom is 0.223 e. The highest BCUT2D eigenvalue weighted by Crippen LogP contribution is 2.50. The molecule has 6 rings (SSSR count). The second-order valence-electron chi connectivity index (χ2n) is 11.2. The minimum Gasteiger partial charge on any atom is -0.389 e. The summed E-state index contributed by atoms with van der Waals surface area (Å²) in [6.45, 7) is 6.18. The predicted octanol–water partition coefficient (Wildman–Crippen LogP) is 4.41. The Bertz CT molecular complexity index is 1360. The molecule has 4 heterocycles. The van der Waals surface area contributed by atoms with Gasteiger partial charge in [-0.25, -0.2) is 14.4 Å². The lowest BCUT2D eigenvalue weighted by molar-refractivity contribution is -0.0136. The molecule has 0 unspecified atom stereocenters. The van der Waals surface area contributed by atoms with E-state index in [1.54, 1.807) is 6.20 Å². The second kappa shape index (κ2) is 9.95. The van der Waals surface area contributed by atoms with E-state index in [2.05, 4.69) is 20.3 Å². The number of nitrogens with zero attached hydrogens (tertiary/aromatic N) is 3. The highest BCUT2D eigenvalue weighted by Gasteiger charge is 2.49. The highest BCUT2D eigenvalue weighted by molar-refractivity contribution is 6.33. The molecule has 4 atom stereocenters. The van der Waals surface area contributed by atoms with Crippen molar-refractivity contribution >= 4 is 28.5 Å². The Morgan fingerprint density at radius 2 is 1.87 bits per heavy atom. The summed E-state index contributed by atoms with van der Waals surface area (Å²) in [5, 5.41) is 26.1. The van der Waals surface area contributed by atoms with Crippen molar-refractivity contribution < 1.29 is 24.1 Å². The highest BCUT2D eigenvalue weighted by atomic mass is 35.5. The largest absolute Gasteiger partial charge is 0.389 e. The molecule has 0 spiro atoms. The standard InChI is InChI=1S/C28H32ClFN4O4/c1-14(2)24-18-5-15(25-20(29)10-32-27(34-25)33-22-3-4-37-13-23(22)35)6-21(30)26(18)31-9-19(24)28(36)7-16-11-38-12-17(16)8-28/h5-6,9-10,14,16-17,22-23,35-36H,3-4,7-8,11-13H2,1-2H3,(H,32,33,34)/t16-,17-,22+,23+/m0/s1. The third-order valence-corrected chi connectivity index (χ3v) is 8.51. The first kappa shape index (κ1) is 25.8. The quantitative estimate of drug-likeness (QED) is 0.435. The average Bonchev–Trinajstić information content (AvgIpc) is 3.44. The number of anilines is 1. The number of aliphatic hydroxyl groups is 2. The molecule has 3 aromatic rings. The third-order valence-electron chi connectivity index (χ3n) is 8.23. The van der Waals surface area contributed by atoms with Crippen molar-refractivity contribution in [1.29, 1.82) is 0 Å². The molecule has 1 aromatic carbocycles. The van der Waals surface area contributed by atoms with Gasteiger partial charge in [0.1, 0.15) is 11.3 Å². The number of hydrogen-bond acceptors (Lipinski definition) is 8. The molecule has 2 aliphatic heterocycles. The number of halogens is 2. The fourth-order valence-electron chi connectivity index (χ4n) is 6.37. The Hall–Kier alpha value is -2.43. The van der Waals surface area contributed by atoms with E-state index >= 15 is 4.39 Å². The molecule has 3 N–H and O–H groups in total. The fraction of sp³-hybridized carbons (Fsp3) is 0.536. The van der Waals surface area contributed by atoms with Crippen LogP contribution in [0.1, 0.15) is 50.2 Å². The summed E-state index contributed by atoms with van der Waals surface area (Å²) in [7, 11) is 0. The molecule has 8 nitrogen and oxygen atoms in total. The van der Waals surface area contributed by atoms with Crippen LogP contribution in [-0.4, -0.2) is 63.7 Å². The molecule has 0 amide bonds. The van der Waals surface area contributed by atoms with Gasteiger partial charge in [0, 0.05) is 42.5 Å². The van der Waals surface area contributed by atoms with Crippen molar-refractivity contribution in [3.05, 3.63) is 46.5 Å². The molecular formula is C28H32ClFN4O4. The average molecular weight is 543 g/mol. The van der Waals surface area contributed by atoms with Crippen LogP contribution in [0.5, 0.6) is 0 Å². The van der Waals surface area contributed by atoms with Gasteiger partial charge in [0.25, 0.3) is 0 Å². The van der Waals surface area contributed by atoms with Gasteiger partial charge in [-0.1, -0.05) is 25.4 Å². The maximum absolute atomic E-state index is 15.5. The lowest BCUT2D eigenvalue weighted by Gasteiger charge is -2.29. The Balaban J connectivity index is 1.43. The number of rotatable bonds is 5. The summed E-state index contributed by atoms with van der Waals surface area (Å²) in [4.78, 5) is 13.3. The van der Waals surface area contributed by atoms with Crippen LogP contribution >= 0.6 is 11.6 Å². The lowest BCUT2D eigenvalue weighted by atomic mass is 9.82. The first-order chi connectivity index (χ1) is 18.2. The second-order valence-corrected chi connectivity index (χ2v) is 11.6. The molecule has 0 bridgehead atoms. The van der Waals surface area contributed by atoms with Gasteiger partial charge in [0.15, 0.2) is 0 Å². The topological polar surface area (TPSA) is 110 Å². The zero-order valence-electron chi connectivity index (χ0n) is 21.5. The van der Waals surface area contributed by atoms with E-state index in [0.717, 1.165) is 11.1 Å². The minimum atomic E-state index is -1.03. The maximum atomic E-state index is 15.5. The molecule has 202 valence electrons. The Kier molecular flexibility index (Phi) is 6.76. The number of pyridine rings is 1. The number of ether oxygens (including phenoxy) is 2. The molecule has 38 heavy (non-hydrogen) atoms. The van der Waals surface area contributed by atoms with Crippen molar-refractivity contribution in [3.63, 3.8) is 0 Å². The molecule has 3 fully saturated rings. The summed E-state index contributed by atoms with van der Waals surface area (Å²) in [5.74, 6) is 0.455. The van der Waals surface area contributed by atoms with E-state index in [0.29, 0.717) is 73.5 Å². The normalized spacial score (nSPS) is 26.7. The number of hydrogen-bond donors (Lipinski definition) is 3. The van der Waals surface area contributed by atoms with Crippen LogP contribution in [0, 0.1) is 17.7 Å². The summed E-state index contributed by atoms with van der Waals surface area (Å²) in [6, 6.07) is 2.97. The first-order valence-corrected chi connectivity index (χ1v) is 13.6. The van der Waals surface area contributed by atoms with Gasteiger partial charge >= 0.3 is 0 Å². The predicted molar refractivity (Wildman–Crippen MR) is 142 cm³/mol. The van der Waals surface area contributed by atoms with Crippen LogP contribution in [0.15, 0.2) is 24.5 Å². The summed E-state index contributed by atoms with van der Waals surface area (Å²) in [6.07, 6.45) is 4.27. The summed E-state index contributed by atoms with van der Waals surface area (Å²) < 4.78 is 26.4. The van der Waals surface area contributed by atoms with Crippen LogP contribution in [0.3, 0.4) is 0 Å². The molecule has 0 radical (unpaired) electrons. The number of benzene rings is 1. The molecule has 3 aliphatic rings. The third kappa shape index (κ3) is 4.54. The van der Waals surface area contributed by atoms with Crippen LogP contribution in [0.4, 0.5) is 10.3 Å². The number of nitrogens with one attached hydrogen (secondary N) is 1. The lowest BCUT2D eigenvalue weighted by Crippen LogP contribution is -2.42. The summed E-state index contributed by atoms with van der Waals surface area (Å²) in [5.41, 5.74) is 1.73. The van der Waals surface area contributed by atoms with Crippen LogP contribution < -0.4 is 5.32 Å². The minimum absolute atomic E-state index is 0.0129. The van der Waals surface area contributed by atoms with Crippen molar-refractivity contribution in [1.82, 2.24) is 15.0 Å². The van der Waals surface area contributed by atoms with Crippen molar-refractivity contribution in [2.24, 2.45) is 11.8 Å². The van der Waals surface area contributed by atoms with Gasteiger partial charge in [0.2, 0.25) is 5.95 Å². The van der Waals surface area contributed by atoms with Gasteiger partial charge < -0.3 is 25.0 Å². The SMILES string of the molecule is CC(C)c1c(C2(O)C[C@H]3COC[C@@H]3C2)cnc2c(F)cc(-c3nc(N[C@@H]4CCOC[C@H]4O)ncc3Cl)cc12. The first-order valence-electron chi connectivity index (χ1n) is 13.2. The summed E-state index contributed by atoms with van der Waals surface area (Å²) >= 11 is 6.51. The van der Waals surface area contributed by atoms with E-state index in [4.69, 9.17) is 21.1 Å². The van der Waals surface area contributed by atoms with E-state index < -0.39 is 17.5 Å². The van der Waals surface area contributed by atoms with Crippen LogP contribution in [0.25, 0.3) is 22.2 Å². The smallest absolute Gasteiger partial charge is 0.223 e. The Morgan fingerprint density at radius 1 is 1.11 bits per heavy atom. The van der Waals surface area contributed by atoms with Gasteiger partial charge in [-0.3, -0.25) is 4.98 Å². The monoisotopic (exact) mass is 542 g/mol. The van der Waals surface area contributed by atoms with Gasteiger partial charge in [-0.2, -0.15) is 0 Å². The van der Waals surface area contributed by atoms with E-state index in [-0.39, 0.29) is 29.1 Å². The number of fused-ring (bicyclic) bond motifs is 2. The number of aliphatic hydroxyl groups excluding tert-OH is 1. The Morgan fingerprint density at radius 3 is 2.58 bits per heavy atom. The molecule has 1 saturated carbocycles. The van der Waals surface area contributed by atoms with Gasteiger partial charge in [-0.05, 0) is 54.7 Å². The van der Waals surface area contributed by atoms with Crippen molar-refractivity contribution in [2.45, 2.75) is 56.8 Å². The Labute approximate surface area is 225 Å². The van der Waals surface area contributed by atoms with Gasteiger partial charge in [0.05, 0.1) is 41.3 Å². The molecule has 2 saturated heterocycles. The van der Waals surface area contributed by atoms with Crippen LogP contribution in [0.2, 0.25) is 5.02 Å². The van der Waals surface area contributed by atoms with E-state index in [9.17, 15) is 10.2 Å². The fourth-order valence-corrected chi connectivity index (χ4v) is 6.57. The molecule has 1 aliphatic carbocycles. The number of aromatic nitrogens is 3. The van der Waals surface area contributed by atoms with Crippen LogP contribution in [-0.2, 0) is 15.1 Å². The molecule has 2 aromatic heterocycles. The van der Waals surface area contributed by atoms with Crippen molar-refractivity contribution in [2.75, 3.05) is 31.7 Å². The zero-order chi connectivity index (χ0) is 26.6. The molecular weight excluding hydrogens is 511 g/mol. The molecule has 10 heteroatoms. The van der Waals surface area contributed by atoms with Crippen molar-refractivity contribution in [3.8, 4) is 11.3 Å². The zero-order valence-corrected chi connectivity index (χ0v) is 22.2. The van der Waals surface area contributed by atoms with E-state index in [1.807, 2.05) is 19.9 Å².